The van der Waals surface area contributed by atoms with Gasteiger partial charge in [0.15, 0.2) is 0 Å². The largest absolute Gasteiger partial charge is 0.305 e. The summed E-state index contributed by atoms with van der Waals surface area (Å²) < 4.78 is 34.5. The van der Waals surface area contributed by atoms with E-state index in [9.17, 15) is 12.3 Å². The van der Waals surface area contributed by atoms with Gasteiger partial charge in [-0.3, -0.25) is 0 Å². The molecule has 0 aromatic heterocycles. The maximum Gasteiger partial charge on any atom is 0.305 e. The fraction of sp³-hybridized carbons (Fsp3) is 1.00. The van der Waals surface area contributed by atoms with Crippen LogP contribution in [0.4, 0.5) is 3.89 Å². The quantitative estimate of drug-likeness (QED) is 0.653. The number of hydrogen-bond acceptors (Lipinski definition) is 2. The molecule has 0 aromatic carbocycles. The maximum atomic E-state index is 12.9. The first-order chi connectivity index (χ1) is 5.93. The molecule has 78 valence electrons. The zero-order valence-electron chi connectivity index (χ0n) is 8.16. The summed E-state index contributed by atoms with van der Waals surface area (Å²) in [6.07, 6.45) is 3.24. The molecule has 0 saturated heterocycles. The van der Waals surface area contributed by atoms with Crippen LogP contribution in [0.3, 0.4) is 0 Å². The van der Waals surface area contributed by atoms with Gasteiger partial charge in [-0.2, -0.15) is 8.42 Å². The van der Waals surface area contributed by atoms with Crippen molar-refractivity contribution in [3.63, 3.8) is 0 Å². The molecule has 2 unspecified atom stereocenters. The van der Waals surface area contributed by atoms with E-state index < -0.39 is 15.5 Å². The van der Waals surface area contributed by atoms with Crippen LogP contribution < -0.4 is 0 Å². The van der Waals surface area contributed by atoms with Gasteiger partial charge in [-0.25, -0.2) is 0 Å². The average Bonchev–Trinajstić information content (AvgIpc) is 2.03. The normalized spacial score (nSPS) is 30.8. The first-order valence-corrected chi connectivity index (χ1v) is 6.31. The molecule has 0 heterocycles. The fourth-order valence-corrected chi connectivity index (χ4v) is 3.55. The molecule has 0 radical (unpaired) electrons. The van der Waals surface area contributed by atoms with Gasteiger partial charge in [0.05, 0.1) is 5.25 Å². The van der Waals surface area contributed by atoms with Crippen LogP contribution in [-0.2, 0) is 10.2 Å². The Bertz CT molecular complexity index is 259. The summed E-state index contributed by atoms with van der Waals surface area (Å²) in [4.78, 5) is 0. The fourth-order valence-electron chi connectivity index (χ4n) is 2.24. The first-order valence-electron chi connectivity index (χ1n) is 4.86. The van der Waals surface area contributed by atoms with E-state index in [1.807, 2.05) is 13.8 Å². The summed E-state index contributed by atoms with van der Waals surface area (Å²) >= 11 is 0. The summed E-state index contributed by atoms with van der Waals surface area (Å²) in [5.41, 5.74) is 0. The van der Waals surface area contributed by atoms with Crippen molar-refractivity contribution in [1.82, 2.24) is 0 Å². The zero-order valence-corrected chi connectivity index (χ0v) is 8.98. The average molecular weight is 208 g/mol. The minimum absolute atomic E-state index is 0.0174. The van der Waals surface area contributed by atoms with Crippen LogP contribution in [0.15, 0.2) is 0 Å². The van der Waals surface area contributed by atoms with E-state index in [4.69, 9.17) is 0 Å². The third-order valence-corrected chi connectivity index (χ3v) is 4.28. The molecule has 4 heteroatoms. The maximum absolute atomic E-state index is 12.9. The van der Waals surface area contributed by atoms with Gasteiger partial charge in [0.2, 0.25) is 0 Å². The Hall–Kier alpha value is -0.120. The second-order valence-corrected chi connectivity index (χ2v) is 5.76. The van der Waals surface area contributed by atoms with Crippen LogP contribution in [0.5, 0.6) is 0 Å². The second kappa shape index (κ2) is 3.95. The van der Waals surface area contributed by atoms with Crippen molar-refractivity contribution < 1.29 is 12.3 Å². The molecule has 1 saturated carbocycles. The summed E-state index contributed by atoms with van der Waals surface area (Å²) in [6, 6.07) is 0. The SMILES string of the molecule is CC(C)C1CCCCC1S(=O)(=O)F. The van der Waals surface area contributed by atoms with Crippen molar-refractivity contribution in [1.29, 1.82) is 0 Å². The van der Waals surface area contributed by atoms with Gasteiger partial charge in [0, 0.05) is 0 Å². The van der Waals surface area contributed by atoms with E-state index in [2.05, 4.69) is 0 Å². The molecule has 1 aliphatic rings. The highest BCUT2D eigenvalue weighted by Crippen LogP contribution is 2.34. The summed E-state index contributed by atoms with van der Waals surface area (Å²) in [6.45, 7) is 3.93. The third kappa shape index (κ3) is 2.66. The number of halogens is 1. The number of hydrogen-bond donors (Lipinski definition) is 0. The van der Waals surface area contributed by atoms with E-state index in [0.29, 0.717) is 6.42 Å². The highest BCUT2D eigenvalue weighted by molar-refractivity contribution is 7.87. The molecule has 0 amide bonds. The smallest absolute Gasteiger partial charge is 0.195 e. The zero-order chi connectivity index (χ0) is 10.1. The molecular weight excluding hydrogens is 191 g/mol. The van der Waals surface area contributed by atoms with Gasteiger partial charge in [-0.1, -0.05) is 26.7 Å². The van der Waals surface area contributed by atoms with E-state index in [-0.39, 0.29) is 11.8 Å². The van der Waals surface area contributed by atoms with Crippen LogP contribution in [0.25, 0.3) is 0 Å². The molecule has 0 N–H and O–H groups in total. The standard InChI is InChI=1S/C9H17FO2S/c1-7(2)8-5-3-4-6-9(8)13(10,11)12/h7-9H,3-6H2,1-2H3. The molecule has 0 bridgehead atoms. The Morgan fingerprint density at radius 2 is 1.77 bits per heavy atom. The van der Waals surface area contributed by atoms with Crippen LogP contribution in [-0.4, -0.2) is 13.7 Å². The van der Waals surface area contributed by atoms with E-state index >= 15 is 0 Å². The van der Waals surface area contributed by atoms with Crippen molar-refractivity contribution >= 4 is 10.2 Å². The highest BCUT2D eigenvalue weighted by atomic mass is 32.3. The van der Waals surface area contributed by atoms with Gasteiger partial charge in [0.1, 0.15) is 0 Å². The third-order valence-electron chi connectivity index (χ3n) is 2.97. The lowest BCUT2D eigenvalue weighted by atomic mass is 9.81. The Morgan fingerprint density at radius 3 is 2.15 bits per heavy atom. The molecule has 2 atom stereocenters. The van der Waals surface area contributed by atoms with E-state index in [1.165, 1.54) is 0 Å². The monoisotopic (exact) mass is 208 g/mol. The first kappa shape index (κ1) is 11.0. The Balaban J connectivity index is 2.80. The minimum atomic E-state index is -4.32. The van der Waals surface area contributed by atoms with Crippen LogP contribution in [0, 0.1) is 11.8 Å². The summed E-state index contributed by atoms with van der Waals surface area (Å²) in [5.74, 6) is 0.277. The lowest BCUT2D eigenvalue weighted by Gasteiger charge is -2.31. The molecule has 1 fully saturated rings. The predicted octanol–water partition coefficient (Wildman–Crippen LogP) is 2.50. The molecule has 1 rings (SSSR count). The predicted molar refractivity (Wildman–Crippen MR) is 50.6 cm³/mol. The van der Waals surface area contributed by atoms with Crippen molar-refractivity contribution in [2.75, 3.05) is 0 Å². The second-order valence-electron chi connectivity index (χ2n) is 4.21. The Labute approximate surface area is 79.7 Å². The summed E-state index contributed by atoms with van der Waals surface area (Å²) in [5, 5.41) is -0.735. The van der Waals surface area contributed by atoms with Crippen molar-refractivity contribution in [3.05, 3.63) is 0 Å². The van der Waals surface area contributed by atoms with E-state index in [0.717, 1.165) is 19.3 Å². The van der Waals surface area contributed by atoms with Gasteiger partial charge in [-0.05, 0) is 24.7 Å². The topological polar surface area (TPSA) is 34.1 Å². The van der Waals surface area contributed by atoms with Crippen LogP contribution in [0.2, 0.25) is 0 Å². The lowest BCUT2D eigenvalue weighted by molar-refractivity contribution is 0.275. The van der Waals surface area contributed by atoms with E-state index in [1.54, 1.807) is 0 Å². The van der Waals surface area contributed by atoms with Crippen molar-refractivity contribution in [3.8, 4) is 0 Å². The lowest BCUT2D eigenvalue weighted by Crippen LogP contribution is -2.33. The molecule has 1 aliphatic carbocycles. The molecule has 0 aromatic rings. The minimum Gasteiger partial charge on any atom is -0.195 e. The number of rotatable bonds is 2. The van der Waals surface area contributed by atoms with Gasteiger partial charge in [0.25, 0.3) is 0 Å². The van der Waals surface area contributed by atoms with Crippen LogP contribution in [0.1, 0.15) is 39.5 Å². The molecule has 13 heavy (non-hydrogen) atoms. The molecule has 0 spiro atoms. The molecule has 2 nitrogen and oxygen atoms in total. The van der Waals surface area contributed by atoms with Crippen molar-refractivity contribution in [2.45, 2.75) is 44.8 Å². The Kier molecular flexibility index (Phi) is 3.33. The highest BCUT2D eigenvalue weighted by Gasteiger charge is 2.36. The molecule has 0 aliphatic heterocycles. The molecular formula is C9H17FO2S. The van der Waals surface area contributed by atoms with Gasteiger partial charge in [-0.15, -0.1) is 3.89 Å². The van der Waals surface area contributed by atoms with Crippen LogP contribution >= 0.6 is 0 Å². The van der Waals surface area contributed by atoms with Gasteiger partial charge >= 0.3 is 10.2 Å². The van der Waals surface area contributed by atoms with Gasteiger partial charge < -0.3 is 0 Å². The van der Waals surface area contributed by atoms with Crippen molar-refractivity contribution in [2.24, 2.45) is 11.8 Å². The summed E-state index contributed by atoms with van der Waals surface area (Å²) in [7, 11) is -4.32. The Morgan fingerprint density at radius 1 is 1.23 bits per heavy atom.